The zero-order valence-corrected chi connectivity index (χ0v) is 10.9. The van der Waals surface area contributed by atoms with Crippen molar-refractivity contribution in [2.24, 2.45) is 0 Å². The van der Waals surface area contributed by atoms with Gasteiger partial charge in [0.25, 0.3) is 5.91 Å². The first-order chi connectivity index (χ1) is 7.82. The summed E-state index contributed by atoms with van der Waals surface area (Å²) in [6.45, 7) is 8.16. The van der Waals surface area contributed by atoms with Crippen molar-refractivity contribution in [2.75, 3.05) is 6.54 Å². The van der Waals surface area contributed by atoms with Gasteiger partial charge in [-0.05, 0) is 24.0 Å². The summed E-state index contributed by atoms with van der Waals surface area (Å²) in [6.07, 6.45) is -0.527. The number of benzene rings is 1. The van der Waals surface area contributed by atoms with E-state index in [1.54, 1.807) is 6.92 Å². The molecule has 0 saturated heterocycles. The van der Waals surface area contributed by atoms with Crippen molar-refractivity contribution < 1.29 is 9.90 Å². The van der Waals surface area contributed by atoms with E-state index < -0.39 is 6.10 Å². The number of hydrogen-bond donors (Lipinski definition) is 2. The van der Waals surface area contributed by atoms with Crippen LogP contribution < -0.4 is 5.32 Å². The van der Waals surface area contributed by atoms with Crippen LogP contribution in [-0.4, -0.2) is 23.7 Å². The van der Waals surface area contributed by atoms with Gasteiger partial charge in [-0.15, -0.1) is 0 Å². The molecule has 2 N–H and O–H groups in total. The molecule has 17 heavy (non-hydrogen) atoms. The van der Waals surface area contributed by atoms with E-state index >= 15 is 0 Å². The monoisotopic (exact) mass is 235 g/mol. The predicted molar refractivity (Wildman–Crippen MR) is 69.2 cm³/mol. The molecule has 0 fully saturated rings. The van der Waals surface area contributed by atoms with E-state index in [0.29, 0.717) is 5.56 Å². The summed E-state index contributed by atoms with van der Waals surface area (Å²) < 4.78 is 0. The normalized spacial score (nSPS) is 13.2. The molecular formula is C14H21NO2. The van der Waals surface area contributed by atoms with Crippen molar-refractivity contribution in [3.63, 3.8) is 0 Å². The Morgan fingerprint density at radius 3 is 2.47 bits per heavy atom. The number of rotatable bonds is 3. The van der Waals surface area contributed by atoms with Crippen molar-refractivity contribution in [1.82, 2.24) is 5.32 Å². The van der Waals surface area contributed by atoms with Gasteiger partial charge in [0.15, 0.2) is 0 Å². The Morgan fingerprint density at radius 1 is 1.35 bits per heavy atom. The molecule has 0 aromatic heterocycles. The number of aliphatic hydroxyl groups excluding tert-OH is 1. The van der Waals surface area contributed by atoms with Crippen molar-refractivity contribution in [3.8, 4) is 0 Å². The number of amides is 1. The molecule has 0 aliphatic rings. The highest BCUT2D eigenvalue weighted by Gasteiger charge is 2.20. The van der Waals surface area contributed by atoms with E-state index in [1.807, 2.05) is 24.3 Å². The van der Waals surface area contributed by atoms with Crippen molar-refractivity contribution in [1.29, 1.82) is 0 Å². The van der Waals surface area contributed by atoms with Crippen LogP contribution in [0.25, 0.3) is 0 Å². The lowest BCUT2D eigenvalue weighted by molar-refractivity contribution is 0.0922. The molecular weight excluding hydrogens is 214 g/mol. The predicted octanol–water partition coefficient (Wildman–Crippen LogP) is 2.09. The third kappa shape index (κ3) is 3.86. The summed E-state index contributed by atoms with van der Waals surface area (Å²) in [4.78, 5) is 12.0. The van der Waals surface area contributed by atoms with Crippen LogP contribution in [0, 0.1) is 0 Å². The second kappa shape index (κ2) is 5.32. The standard InChI is InChI=1S/C14H21NO2/c1-10(16)9-15-13(17)11-7-5-6-8-12(11)14(2,3)4/h5-8,10,16H,9H2,1-4H3,(H,15,17)/t10-/m0/s1. The lowest BCUT2D eigenvalue weighted by Gasteiger charge is -2.22. The fourth-order valence-corrected chi connectivity index (χ4v) is 1.67. The number of nitrogens with one attached hydrogen (secondary N) is 1. The molecule has 3 heteroatoms. The fourth-order valence-electron chi connectivity index (χ4n) is 1.67. The van der Waals surface area contributed by atoms with E-state index in [4.69, 9.17) is 5.11 Å². The van der Waals surface area contributed by atoms with Gasteiger partial charge in [-0.3, -0.25) is 4.79 Å². The van der Waals surface area contributed by atoms with Crippen LogP contribution in [-0.2, 0) is 5.41 Å². The molecule has 3 nitrogen and oxygen atoms in total. The Labute approximate surface area is 103 Å². The lowest BCUT2D eigenvalue weighted by atomic mass is 9.83. The third-order valence-corrected chi connectivity index (χ3v) is 2.54. The van der Waals surface area contributed by atoms with Gasteiger partial charge < -0.3 is 10.4 Å². The summed E-state index contributed by atoms with van der Waals surface area (Å²) in [5.74, 6) is -0.128. The molecule has 1 amide bonds. The maximum absolute atomic E-state index is 12.0. The summed E-state index contributed by atoms with van der Waals surface area (Å²) >= 11 is 0. The minimum absolute atomic E-state index is 0.0707. The average Bonchev–Trinajstić information content (AvgIpc) is 2.24. The Kier molecular flexibility index (Phi) is 4.29. The molecule has 0 spiro atoms. The molecule has 0 radical (unpaired) electrons. The SMILES string of the molecule is C[C@H](O)CNC(=O)c1ccccc1C(C)(C)C. The van der Waals surface area contributed by atoms with Crippen molar-refractivity contribution >= 4 is 5.91 Å². The smallest absolute Gasteiger partial charge is 0.251 e. The number of carbonyl (C=O) groups is 1. The van der Waals surface area contributed by atoms with Gasteiger partial charge in [-0.1, -0.05) is 39.0 Å². The minimum atomic E-state index is -0.527. The van der Waals surface area contributed by atoms with Crippen LogP contribution in [0.5, 0.6) is 0 Å². The van der Waals surface area contributed by atoms with E-state index in [2.05, 4.69) is 26.1 Å². The molecule has 1 aromatic carbocycles. The fraction of sp³-hybridized carbons (Fsp3) is 0.500. The van der Waals surface area contributed by atoms with Gasteiger partial charge in [-0.25, -0.2) is 0 Å². The number of carbonyl (C=O) groups excluding carboxylic acids is 1. The molecule has 0 heterocycles. The van der Waals surface area contributed by atoms with Crippen LogP contribution in [0.3, 0.4) is 0 Å². The summed E-state index contributed by atoms with van der Waals surface area (Å²) in [5.41, 5.74) is 1.63. The number of aliphatic hydroxyl groups is 1. The second-order valence-electron chi connectivity index (χ2n) is 5.35. The summed E-state index contributed by atoms with van der Waals surface area (Å²) in [6, 6.07) is 7.58. The summed E-state index contributed by atoms with van der Waals surface area (Å²) in [7, 11) is 0. The molecule has 1 atom stereocenters. The van der Waals surface area contributed by atoms with Gasteiger partial charge in [0.2, 0.25) is 0 Å². The average molecular weight is 235 g/mol. The zero-order valence-electron chi connectivity index (χ0n) is 10.9. The van der Waals surface area contributed by atoms with Gasteiger partial charge >= 0.3 is 0 Å². The molecule has 0 aliphatic carbocycles. The summed E-state index contributed by atoms with van der Waals surface area (Å²) in [5, 5.41) is 11.9. The number of hydrogen-bond acceptors (Lipinski definition) is 2. The van der Waals surface area contributed by atoms with E-state index in [-0.39, 0.29) is 17.9 Å². The molecule has 0 saturated carbocycles. The Morgan fingerprint density at radius 2 is 1.94 bits per heavy atom. The quantitative estimate of drug-likeness (QED) is 0.843. The zero-order chi connectivity index (χ0) is 13.1. The van der Waals surface area contributed by atoms with Gasteiger partial charge in [-0.2, -0.15) is 0 Å². The van der Waals surface area contributed by atoms with Gasteiger partial charge in [0, 0.05) is 12.1 Å². The lowest BCUT2D eigenvalue weighted by Crippen LogP contribution is -2.32. The first kappa shape index (κ1) is 13.7. The molecule has 1 rings (SSSR count). The highest BCUT2D eigenvalue weighted by Crippen LogP contribution is 2.25. The third-order valence-electron chi connectivity index (χ3n) is 2.54. The van der Waals surface area contributed by atoms with Crippen molar-refractivity contribution in [3.05, 3.63) is 35.4 Å². The second-order valence-corrected chi connectivity index (χ2v) is 5.35. The molecule has 0 aliphatic heterocycles. The minimum Gasteiger partial charge on any atom is -0.392 e. The van der Waals surface area contributed by atoms with Gasteiger partial charge in [0.05, 0.1) is 6.10 Å². The van der Waals surface area contributed by atoms with E-state index in [1.165, 1.54) is 0 Å². The van der Waals surface area contributed by atoms with Gasteiger partial charge in [0.1, 0.15) is 0 Å². The first-order valence-electron chi connectivity index (χ1n) is 5.88. The Balaban J connectivity index is 2.94. The molecule has 0 unspecified atom stereocenters. The van der Waals surface area contributed by atoms with Crippen LogP contribution in [0.2, 0.25) is 0 Å². The van der Waals surface area contributed by atoms with Crippen LogP contribution in [0.1, 0.15) is 43.6 Å². The molecule has 94 valence electrons. The largest absolute Gasteiger partial charge is 0.392 e. The maximum Gasteiger partial charge on any atom is 0.251 e. The first-order valence-corrected chi connectivity index (χ1v) is 5.88. The molecule has 1 aromatic rings. The highest BCUT2D eigenvalue weighted by atomic mass is 16.3. The van der Waals surface area contributed by atoms with E-state index in [9.17, 15) is 4.79 Å². The molecule has 0 bridgehead atoms. The highest BCUT2D eigenvalue weighted by molar-refractivity contribution is 5.96. The van der Waals surface area contributed by atoms with Crippen LogP contribution in [0.15, 0.2) is 24.3 Å². The van der Waals surface area contributed by atoms with Crippen LogP contribution in [0.4, 0.5) is 0 Å². The van der Waals surface area contributed by atoms with E-state index in [0.717, 1.165) is 5.56 Å². The van der Waals surface area contributed by atoms with Crippen molar-refractivity contribution in [2.45, 2.75) is 39.2 Å². The topological polar surface area (TPSA) is 49.3 Å². The Bertz CT molecular complexity index is 391. The van der Waals surface area contributed by atoms with Crippen LogP contribution >= 0.6 is 0 Å². The maximum atomic E-state index is 12.0. The Hall–Kier alpha value is -1.35.